The minimum Gasteiger partial charge on any atom is -0.324 e. The van der Waals surface area contributed by atoms with Crippen molar-refractivity contribution in [3.05, 3.63) is 69.2 Å². The van der Waals surface area contributed by atoms with Crippen LogP contribution in [0.5, 0.6) is 0 Å². The summed E-state index contributed by atoms with van der Waals surface area (Å²) in [6, 6.07) is 7.64. The number of rotatable bonds is 3. The van der Waals surface area contributed by atoms with Crippen LogP contribution in [0.2, 0.25) is 10.0 Å². The molecule has 0 bridgehead atoms. The van der Waals surface area contributed by atoms with E-state index in [4.69, 9.17) is 28.9 Å². The van der Waals surface area contributed by atoms with Crippen LogP contribution < -0.4 is 5.73 Å². The van der Waals surface area contributed by atoms with Gasteiger partial charge in [-0.1, -0.05) is 23.2 Å². The average Bonchev–Trinajstić information content (AvgIpc) is 2.36. The van der Waals surface area contributed by atoms with E-state index in [0.29, 0.717) is 15.6 Å². The Morgan fingerprint density at radius 3 is 2.21 bits per heavy atom. The minimum absolute atomic E-state index is 0.143. The van der Waals surface area contributed by atoms with Crippen LogP contribution in [0.4, 0.5) is 8.78 Å². The molecule has 0 spiro atoms. The first kappa shape index (κ1) is 14.3. The molecule has 0 radical (unpaired) electrons. The first-order valence-corrected chi connectivity index (χ1v) is 6.37. The fraction of sp³-hybridized carbons (Fsp3) is 0.143. The van der Waals surface area contributed by atoms with E-state index in [0.717, 1.165) is 0 Å². The van der Waals surface area contributed by atoms with Gasteiger partial charge in [0.1, 0.15) is 11.6 Å². The van der Waals surface area contributed by atoms with Gasteiger partial charge in [0, 0.05) is 21.7 Å². The van der Waals surface area contributed by atoms with E-state index in [-0.39, 0.29) is 12.0 Å². The molecule has 0 aliphatic heterocycles. The fourth-order valence-corrected chi connectivity index (χ4v) is 2.22. The fourth-order valence-electron chi connectivity index (χ4n) is 1.85. The lowest BCUT2D eigenvalue weighted by Gasteiger charge is -2.14. The molecule has 0 saturated heterocycles. The van der Waals surface area contributed by atoms with Gasteiger partial charge in [-0.15, -0.1) is 0 Å². The number of hydrogen-bond acceptors (Lipinski definition) is 1. The van der Waals surface area contributed by atoms with Gasteiger partial charge in [-0.25, -0.2) is 8.78 Å². The van der Waals surface area contributed by atoms with Crippen LogP contribution in [-0.2, 0) is 6.42 Å². The molecule has 2 aromatic rings. The van der Waals surface area contributed by atoms with Gasteiger partial charge in [0.2, 0.25) is 0 Å². The summed E-state index contributed by atoms with van der Waals surface area (Å²) in [6.45, 7) is 0. The lowest BCUT2D eigenvalue weighted by molar-refractivity contribution is 0.563. The normalized spacial score (nSPS) is 12.5. The summed E-state index contributed by atoms with van der Waals surface area (Å²) >= 11 is 11.6. The summed E-state index contributed by atoms with van der Waals surface area (Å²) in [5.41, 5.74) is 6.51. The van der Waals surface area contributed by atoms with Crippen molar-refractivity contribution in [2.45, 2.75) is 12.5 Å². The molecule has 1 unspecified atom stereocenters. The summed E-state index contributed by atoms with van der Waals surface area (Å²) in [6.07, 6.45) is 0.143. The van der Waals surface area contributed by atoms with Gasteiger partial charge in [-0.3, -0.25) is 0 Å². The zero-order valence-electron chi connectivity index (χ0n) is 9.84. The van der Waals surface area contributed by atoms with E-state index in [2.05, 4.69) is 0 Å². The Morgan fingerprint density at radius 2 is 1.53 bits per heavy atom. The molecule has 0 aliphatic carbocycles. The summed E-state index contributed by atoms with van der Waals surface area (Å²) in [7, 11) is 0. The Bertz CT molecular complexity index is 602. The molecule has 0 saturated carbocycles. The number of nitrogens with two attached hydrogens (primary N) is 1. The van der Waals surface area contributed by atoms with Gasteiger partial charge < -0.3 is 5.73 Å². The van der Waals surface area contributed by atoms with E-state index in [1.54, 1.807) is 0 Å². The number of hydrogen-bond donors (Lipinski definition) is 1. The van der Waals surface area contributed by atoms with E-state index in [1.807, 2.05) is 0 Å². The predicted molar refractivity (Wildman–Crippen MR) is 73.5 cm³/mol. The molecular weight excluding hydrogens is 291 g/mol. The Balaban J connectivity index is 2.27. The lowest BCUT2D eigenvalue weighted by Crippen LogP contribution is -2.15. The van der Waals surface area contributed by atoms with Crippen LogP contribution in [0.25, 0.3) is 0 Å². The number of benzene rings is 2. The van der Waals surface area contributed by atoms with E-state index >= 15 is 0 Å². The first-order valence-electron chi connectivity index (χ1n) is 5.62. The van der Waals surface area contributed by atoms with Crippen molar-refractivity contribution in [2.24, 2.45) is 5.73 Å². The predicted octanol–water partition coefficient (Wildman–Crippen LogP) is 4.51. The molecular formula is C14H11Cl2F2N. The Labute approximate surface area is 119 Å². The summed E-state index contributed by atoms with van der Waals surface area (Å²) in [5.74, 6) is -0.873. The molecule has 0 aromatic heterocycles. The lowest BCUT2D eigenvalue weighted by atomic mass is 9.99. The molecule has 1 atom stereocenters. The van der Waals surface area contributed by atoms with Crippen molar-refractivity contribution in [2.75, 3.05) is 0 Å². The van der Waals surface area contributed by atoms with Crippen LogP contribution >= 0.6 is 23.2 Å². The first-order chi connectivity index (χ1) is 8.97. The van der Waals surface area contributed by atoms with Crippen molar-refractivity contribution in [3.63, 3.8) is 0 Å². The van der Waals surface area contributed by atoms with Crippen LogP contribution in [0.1, 0.15) is 17.2 Å². The van der Waals surface area contributed by atoms with Crippen molar-refractivity contribution in [1.29, 1.82) is 0 Å². The largest absolute Gasteiger partial charge is 0.324 e. The molecule has 5 heteroatoms. The van der Waals surface area contributed by atoms with E-state index in [1.165, 1.54) is 36.4 Å². The van der Waals surface area contributed by atoms with Crippen molar-refractivity contribution in [1.82, 2.24) is 0 Å². The second-order valence-electron chi connectivity index (χ2n) is 4.21. The zero-order valence-corrected chi connectivity index (χ0v) is 11.3. The highest BCUT2D eigenvalue weighted by molar-refractivity contribution is 6.30. The third kappa shape index (κ3) is 3.44. The van der Waals surface area contributed by atoms with Crippen LogP contribution in [0.3, 0.4) is 0 Å². The van der Waals surface area contributed by atoms with Gasteiger partial charge in [0.25, 0.3) is 0 Å². The zero-order chi connectivity index (χ0) is 14.0. The van der Waals surface area contributed by atoms with E-state index < -0.39 is 17.7 Å². The van der Waals surface area contributed by atoms with Crippen molar-refractivity contribution < 1.29 is 8.78 Å². The molecule has 2 rings (SSSR count). The molecule has 100 valence electrons. The minimum atomic E-state index is -0.688. The van der Waals surface area contributed by atoms with Gasteiger partial charge in [0.05, 0.1) is 0 Å². The second kappa shape index (κ2) is 5.87. The average molecular weight is 302 g/mol. The number of halogens is 4. The molecule has 2 N–H and O–H groups in total. The topological polar surface area (TPSA) is 26.0 Å². The monoisotopic (exact) mass is 301 g/mol. The summed E-state index contributed by atoms with van der Waals surface area (Å²) < 4.78 is 27.2. The maximum absolute atomic E-state index is 13.6. The summed E-state index contributed by atoms with van der Waals surface area (Å²) in [5, 5.41) is 0.800. The maximum Gasteiger partial charge on any atom is 0.128 e. The quantitative estimate of drug-likeness (QED) is 0.886. The highest BCUT2D eigenvalue weighted by atomic mass is 35.5. The standard InChI is InChI=1S/C14H11Cl2F2N/c15-9-1-3-12(17)8(5-9)6-14(19)11-7-10(16)2-4-13(11)18/h1-5,7,14H,6,19H2. The maximum atomic E-state index is 13.6. The third-order valence-corrected chi connectivity index (χ3v) is 3.28. The molecule has 0 amide bonds. The van der Waals surface area contributed by atoms with Crippen LogP contribution in [0.15, 0.2) is 36.4 Å². The molecule has 19 heavy (non-hydrogen) atoms. The molecule has 0 aliphatic rings. The SMILES string of the molecule is NC(Cc1cc(Cl)ccc1F)c1cc(Cl)ccc1F. The molecule has 0 fully saturated rings. The highest BCUT2D eigenvalue weighted by Gasteiger charge is 2.15. The van der Waals surface area contributed by atoms with Crippen molar-refractivity contribution >= 4 is 23.2 Å². The third-order valence-electron chi connectivity index (χ3n) is 2.81. The molecule has 1 nitrogen and oxygen atoms in total. The second-order valence-corrected chi connectivity index (χ2v) is 5.09. The van der Waals surface area contributed by atoms with Crippen molar-refractivity contribution in [3.8, 4) is 0 Å². The Morgan fingerprint density at radius 1 is 0.947 bits per heavy atom. The molecule has 2 aromatic carbocycles. The Kier molecular flexibility index (Phi) is 4.40. The van der Waals surface area contributed by atoms with Gasteiger partial charge in [0.15, 0.2) is 0 Å². The molecule has 0 heterocycles. The smallest absolute Gasteiger partial charge is 0.128 e. The van der Waals surface area contributed by atoms with Gasteiger partial charge in [-0.05, 0) is 48.4 Å². The van der Waals surface area contributed by atoms with E-state index in [9.17, 15) is 8.78 Å². The van der Waals surface area contributed by atoms with Gasteiger partial charge in [-0.2, -0.15) is 0 Å². The summed E-state index contributed by atoms with van der Waals surface area (Å²) in [4.78, 5) is 0. The van der Waals surface area contributed by atoms with Gasteiger partial charge >= 0.3 is 0 Å². The van der Waals surface area contributed by atoms with Crippen LogP contribution in [0, 0.1) is 11.6 Å². The van der Waals surface area contributed by atoms with Crippen LogP contribution in [-0.4, -0.2) is 0 Å². The Hall–Kier alpha value is -1.16. The highest BCUT2D eigenvalue weighted by Crippen LogP contribution is 2.25.